The molecule has 1 aromatic carbocycles. The van der Waals surface area contributed by atoms with Crippen molar-refractivity contribution in [2.24, 2.45) is 0 Å². The van der Waals surface area contributed by atoms with Gasteiger partial charge in [0.1, 0.15) is 0 Å². The first-order valence-corrected chi connectivity index (χ1v) is 6.79. The second-order valence-corrected chi connectivity index (χ2v) is 5.04. The van der Waals surface area contributed by atoms with Gasteiger partial charge in [-0.3, -0.25) is 4.79 Å². The van der Waals surface area contributed by atoms with E-state index in [1.807, 2.05) is 13.1 Å². The Morgan fingerprint density at radius 1 is 1.45 bits per heavy atom. The van der Waals surface area contributed by atoms with Crippen LogP contribution in [0.4, 0.5) is 5.69 Å². The molecule has 104 valence electrons. The summed E-state index contributed by atoms with van der Waals surface area (Å²) in [4.78, 5) is 28.1. The molecular formula is C15H16N2O3. The highest BCUT2D eigenvalue weighted by atomic mass is 16.4. The van der Waals surface area contributed by atoms with Crippen LogP contribution in [0.3, 0.4) is 0 Å². The van der Waals surface area contributed by atoms with Gasteiger partial charge in [0.05, 0.1) is 16.8 Å². The molecular weight excluding hydrogens is 256 g/mol. The van der Waals surface area contributed by atoms with Crippen LogP contribution in [0, 0.1) is 0 Å². The molecule has 3 rings (SSSR count). The third kappa shape index (κ3) is 1.86. The van der Waals surface area contributed by atoms with E-state index in [1.54, 1.807) is 17.0 Å². The summed E-state index contributed by atoms with van der Waals surface area (Å²) in [6.07, 6.45) is 4.05. The number of aromatic nitrogens is 1. The van der Waals surface area contributed by atoms with E-state index in [2.05, 4.69) is 4.98 Å². The molecule has 5 heteroatoms. The summed E-state index contributed by atoms with van der Waals surface area (Å²) in [5.41, 5.74) is 2.82. The summed E-state index contributed by atoms with van der Waals surface area (Å²) in [5.74, 6) is -0.912. The molecule has 5 nitrogen and oxygen atoms in total. The number of aromatic amines is 1. The van der Waals surface area contributed by atoms with Crippen LogP contribution in [-0.2, 0) is 11.2 Å². The molecule has 0 aliphatic carbocycles. The molecule has 2 aromatic rings. The number of anilines is 1. The van der Waals surface area contributed by atoms with Gasteiger partial charge in [0.25, 0.3) is 0 Å². The second-order valence-electron chi connectivity index (χ2n) is 5.04. The minimum Gasteiger partial charge on any atom is -0.478 e. The Balaban J connectivity index is 2.26. The number of carbonyl (C=O) groups excluding carboxylic acids is 1. The number of aryl methyl sites for hydroxylation is 1. The van der Waals surface area contributed by atoms with Gasteiger partial charge in [-0.15, -0.1) is 0 Å². The Morgan fingerprint density at radius 2 is 2.25 bits per heavy atom. The number of rotatable bonds is 3. The van der Waals surface area contributed by atoms with E-state index in [0.717, 1.165) is 29.3 Å². The number of hydrogen-bond acceptors (Lipinski definition) is 2. The lowest BCUT2D eigenvalue weighted by Gasteiger charge is -2.17. The van der Waals surface area contributed by atoms with Gasteiger partial charge in [0, 0.05) is 24.5 Å². The molecule has 0 saturated carbocycles. The first kappa shape index (κ1) is 12.7. The number of H-pyrrole nitrogens is 1. The molecule has 1 aliphatic heterocycles. The molecule has 1 aromatic heterocycles. The predicted molar refractivity (Wildman–Crippen MR) is 76.2 cm³/mol. The van der Waals surface area contributed by atoms with Crippen molar-refractivity contribution in [1.29, 1.82) is 0 Å². The van der Waals surface area contributed by atoms with Crippen molar-refractivity contribution < 1.29 is 14.7 Å². The van der Waals surface area contributed by atoms with Crippen LogP contribution in [-0.4, -0.2) is 28.5 Å². The highest BCUT2D eigenvalue weighted by molar-refractivity contribution is 6.07. The summed E-state index contributed by atoms with van der Waals surface area (Å²) < 4.78 is 0. The molecule has 1 amide bonds. The van der Waals surface area contributed by atoms with E-state index in [4.69, 9.17) is 0 Å². The predicted octanol–water partition coefficient (Wildman–Crippen LogP) is 2.56. The van der Waals surface area contributed by atoms with Gasteiger partial charge in [-0.25, -0.2) is 4.79 Å². The number of hydrogen-bond donors (Lipinski definition) is 2. The molecule has 2 N–H and O–H groups in total. The molecule has 0 unspecified atom stereocenters. The van der Waals surface area contributed by atoms with Crippen molar-refractivity contribution in [3.05, 3.63) is 29.5 Å². The lowest BCUT2D eigenvalue weighted by Crippen LogP contribution is -2.24. The molecule has 0 radical (unpaired) electrons. The van der Waals surface area contributed by atoms with Gasteiger partial charge in [-0.1, -0.05) is 6.92 Å². The van der Waals surface area contributed by atoms with Crippen molar-refractivity contribution in [2.45, 2.75) is 26.2 Å². The number of fused-ring (bicyclic) bond motifs is 1. The van der Waals surface area contributed by atoms with E-state index >= 15 is 0 Å². The molecule has 1 fully saturated rings. The fourth-order valence-corrected chi connectivity index (χ4v) is 2.80. The third-order valence-corrected chi connectivity index (χ3v) is 3.85. The van der Waals surface area contributed by atoms with Crippen LogP contribution in [0.2, 0.25) is 0 Å². The zero-order chi connectivity index (χ0) is 14.3. The third-order valence-electron chi connectivity index (χ3n) is 3.85. The van der Waals surface area contributed by atoms with Gasteiger partial charge in [0.15, 0.2) is 0 Å². The fraction of sp³-hybridized carbons (Fsp3) is 0.333. The Morgan fingerprint density at radius 3 is 2.85 bits per heavy atom. The van der Waals surface area contributed by atoms with Gasteiger partial charge in [-0.2, -0.15) is 0 Å². The van der Waals surface area contributed by atoms with Crippen molar-refractivity contribution in [1.82, 2.24) is 4.98 Å². The quantitative estimate of drug-likeness (QED) is 0.901. The number of carbonyl (C=O) groups is 2. The first-order valence-electron chi connectivity index (χ1n) is 6.79. The summed E-state index contributed by atoms with van der Waals surface area (Å²) in [6, 6.07) is 3.26. The van der Waals surface area contributed by atoms with Crippen LogP contribution in [0.1, 0.15) is 35.7 Å². The van der Waals surface area contributed by atoms with E-state index in [-0.39, 0.29) is 11.5 Å². The smallest absolute Gasteiger partial charge is 0.335 e. The van der Waals surface area contributed by atoms with Crippen LogP contribution in [0.5, 0.6) is 0 Å². The van der Waals surface area contributed by atoms with E-state index in [0.29, 0.717) is 18.7 Å². The van der Waals surface area contributed by atoms with Gasteiger partial charge < -0.3 is 15.0 Å². The zero-order valence-electron chi connectivity index (χ0n) is 11.3. The second kappa shape index (κ2) is 4.67. The maximum atomic E-state index is 11.9. The summed E-state index contributed by atoms with van der Waals surface area (Å²) in [6.45, 7) is 2.67. The minimum absolute atomic E-state index is 0.0569. The van der Waals surface area contributed by atoms with Crippen molar-refractivity contribution in [3.8, 4) is 0 Å². The van der Waals surface area contributed by atoms with Gasteiger partial charge >= 0.3 is 5.97 Å². The van der Waals surface area contributed by atoms with Crippen LogP contribution >= 0.6 is 0 Å². The lowest BCUT2D eigenvalue weighted by molar-refractivity contribution is -0.117. The van der Waals surface area contributed by atoms with Gasteiger partial charge in [-0.05, 0) is 30.5 Å². The summed E-state index contributed by atoms with van der Waals surface area (Å²) in [5, 5.41) is 10.2. The Hall–Kier alpha value is -2.30. The molecule has 20 heavy (non-hydrogen) atoms. The molecule has 1 saturated heterocycles. The first-order chi connectivity index (χ1) is 9.61. The number of amides is 1. The number of carboxylic acid groups (broad SMARTS) is 1. The topological polar surface area (TPSA) is 73.4 Å². The van der Waals surface area contributed by atoms with E-state index in [9.17, 15) is 14.7 Å². The highest BCUT2D eigenvalue weighted by Gasteiger charge is 2.25. The van der Waals surface area contributed by atoms with E-state index < -0.39 is 5.97 Å². The monoisotopic (exact) mass is 272 g/mol. The molecule has 1 aliphatic rings. The van der Waals surface area contributed by atoms with Crippen LogP contribution < -0.4 is 4.90 Å². The van der Waals surface area contributed by atoms with Crippen LogP contribution in [0.15, 0.2) is 18.3 Å². The summed E-state index contributed by atoms with van der Waals surface area (Å²) in [7, 11) is 0. The number of nitrogens with one attached hydrogen (secondary N) is 1. The van der Waals surface area contributed by atoms with Crippen molar-refractivity contribution >= 4 is 28.5 Å². The Bertz CT molecular complexity index is 702. The molecule has 0 bridgehead atoms. The Kier molecular flexibility index (Phi) is 2.97. The number of aromatic carboxylic acids is 1. The SMILES string of the molecule is CCc1c[nH]c2c(N3CCCC3=O)cc(C(=O)O)cc12. The number of carboxylic acids is 1. The fourth-order valence-electron chi connectivity index (χ4n) is 2.80. The Labute approximate surface area is 116 Å². The maximum absolute atomic E-state index is 11.9. The largest absolute Gasteiger partial charge is 0.478 e. The van der Waals surface area contributed by atoms with Crippen molar-refractivity contribution in [2.75, 3.05) is 11.4 Å². The lowest BCUT2D eigenvalue weighted by atomic mass is 10.1. The number of benzene rings is 1. The normalized spacial score (nSPS) is 15.2. The molecule has 2 heterocycles. The average molecular weight is 272 g/mol. The van der Waals surface area contributed by atoms with E-state index in [1.165, 1.54) is 0 Å². The highest BCUT2D eigenvalue weighted by Crippen LogP contribution is 2.32. The minimum atomic E-state index is -0.969. The number of nitrogens with zero attached hydrogens (tertiary/aromatic N) is 1. The standard InChI is InChI=1S/C15H16N2O3/c1-2-9-8-16-14-11(9)6-10(15(19)20)7-12(14)17-5-3-4-13(17)18/h6-8,16H,2-5H2,1H3,(H,19,20). The van der Waals surface area contributed by atoms with Crippen molar-refractivity contribution in [3.63, 3.8) is 0 Å². The van der Waals surface area contributed by atoms with Gasteiger partial charge in [0.2, 0.25) is 5.91 Å². The van der Waals surface area contributed by atoms with Crippen LogP contribution in [0.25, 0.3) is 10.9 Å². The average Bonchev–Trinajstić information content (AvgIpc) is 3.03. The maximum Gasteiger partial charge on any atom is 0.335 e. The zero-order valence-corrected chi connectivity index (χ0v) is 11.3. The summed E-state index contributed by atoms with van der Waals surface area (Å²) >= 11 is 0. The molecule has 0 spiro atoms. The molecule has 0 atom stereocenters.